The average molecular weight is 297 g/mol. The number of imidazole rings is 1. The highest BCUT2D eigenvalue weighted by Crippen LogP contribution is 1.92. The van der Waals surface area contributed by atoms with Crippen molar-refractivity contribution in [1.82, 2.24) is 4.57 Å². The third-order valence-electron chi connectivity index (χ3n) is 1.54. The SMILES string of the molecule is C=Cn1cc[n+](S(=O)(=O)OCCC)c1.[Br-]. The summed E-state index contributed by atoms with van der Waals surface area (Å²) in [7, 11) is -3.66. The van der Waals surface area contributed by atoms with E-state index in [2.05, 4.69) is 6.58 Å². The molecule has 15 heavy (non-hydrogen) atoms. The van der Waals surface area contributed by atoms with E-state index in [9.17, 15) is 8.42 Å². The van der Waals surface area contributed by atoms with E-state index < -0.39 is 10.3 Å². The van der Waals surface area contributed by atoms with Crippen LogP contribution in [0.15, 0.2) is 25.3 Å². The lowest BCUT2D eigenvalue weighted by Gasteiger charge is -1.97. The second kappa shape index (κ2) is 6.04. The summed E-state index contributed by atoms with van der Waals surface area (Å²) in [5, 5.41) is 0. The van der Waals surface area contributed by atoms with Crippen LogP contribution in [0.25, 0.3) is 6.20 Å². The van der Waals surface area contributed by atoms with Crippen LogP contribution in [0.3, 0.4) is 0 Å². The van der Waals surface area contributed by atoms with E-state index >= 15 is 0 Å². The molecule has 0 unspecified atom stereocenters. The fourth-order valence-corrected chi connectivity index (χ4v) is 1.77. The van der Waals surface area contributed by atoms with Gasteiger partial charge in [-0.05, 0) is 6.42 Å². The van der Waals surface area contributed by atoms with Gasteiger partial charge in [-0.25, -0.2) is 8.75 Å². The van der Waals surface area contributed by atoms with Crippen LogP contribution in [0.4, 0.5) is 0 Å². The van der Waals surface area contributed by atoms with Gasteiger partial charge in [-0.1, -0.05) is 13.5 Å². The third kappa shape index (κ3) is 3.77. The normalized spacial score (nSPS) is 10.7. The Labute approximate surface area is 100 Å². The van der Waals surface area contributed by atoms with Gasteiger partial charge in [0.1, 0.15) is 12.4 Å². The molecule has 1 aromatic rings. The van der Waals surface area contributed by atoms with Gasteiger partial charge in [0.2, 0.25) is 0 Å². The maximum Gasteiger partial charge on any atom is 0.441 e. The predicted octanol–water partition coefficient (Wildman–Crippen LogP) is -2.60. The molecule has 0 N–H and O–H groups in total. The molecule has 1 rings (SSSR count). The maximum atomic E-state index is 11.4. The number of rotatable bonds is 5. The summed E-state index contributed by atoms with van der Waals surface area (Å²) in [4.78, 5) is 0. The van der Waals surface area contributed by atoms with E-state index in [0.717, 1.165) is 3.97 Å². The van der Waals surface area contributed by atoms with Crippen LogP contribution < -0.4 is 21.0 Å². The second-order valence-electron chi connectivity index (χ2n) is 2.65. The van der Waals surface area contributed by atoms with Gasteiger partial charge in [0.15, 0.2) is 0 Å². The zero-order valence-electron chi connectivity index (χ0n) is 8.34. The Bertz CT molecular complexity index is 413. The molecule has 0 radical (unpaired) electrons. The molecule has 0 saturated heterocycles. The first-order chi connectivity index (χ1) is 6.60. The first-order valence-corrected chi connectivity index (χ1v) is 5.58. The molecule has 0 amide bonds. The standard InChI is InChI=1S/C8H13N2O3S.BrH/c1-3-7-13-14(11,12)10-6-5-9(4-2)8-10;/h4-6,8H,2-3,7H2,1H3;1H/q+1;/p-1. The van der Waals surface area contributed by atoms with E-state index in [-0.39, 0.29) is 23.6 Å². The molecule has 1 aromatic heterocycles. The van der Waals surface area contributed by atoms with Crippen molar-refractivity contribution >= 4 is 16.5 Å². The molecule has 0 atom stereocenters. The van der Waals surface area contributed by atoms with Crippen molar-refractivity contribution in [3.8, 4) is 0 Å². The zero-order chi connectivity index (χ0) is 10.6. The summed E-state index contributed by atoms with van der Waals surface area (Å²) in [5.74, 6) is 0. The summed E-state index contributed by atoms with van der Waals surface area (Å²) in [5.41, 5.74) is 0. The summed E-state index contributed by atoms with van der Waals surface area (Å²) in [6, 6.07) is 0. The summed E-state index contributed by atoms with van der Waals surface area (Å²) < 4.78 is 30.1. The minimum atomic E-state index is -3.66. The van der Waals surface area contributed by atoms with Gasteiger partial charge in [0.25, 0.3) is 6.33 Å². The summed E-state index contributed by atoms with van der Waals surface area (Å²) in [6.07, 6.45) is 6.48. The van der Waals surface area contributed by atoms with E-state index in [1.54, 1.807) is 6.20 Å². The number of aromatic nitrogens is 2. The lowest BCUT2D eigenvalue weighted by Crippen LogP contribution is -3.00. The summed E-state index contributed by atoms with van der Waals surface area (Å²) in [6.45, 7) is 5.53. The molecule has 0 spiro atoms. The Morgan fingerprint density at radius 2 is 2.27 bits per heavy atom. The van der Waals surface area contributed by atoms with Gasteiger partial charge in [0, 0.05) is 0 Å². The molecule has 0 aliphatic carbocycles. The van der Waals surface area contributed by atoms with Crippen molar-refractivity contribution < 1.29 is 33.6 Å². The second-order valence-corrected chi connectivity index (χ2v) is 4.17. The quantitative estimate of drug-likeness (QED) is 0.560. The predicted molar refractivity (Wildman–Crippen MR) is 51.6 cm³/mol. The topological polar surface area (TPSA) is 52.2 Å². The summed E-state index contributed by atoms with van der Waals surface area (Å²) >= 11 is 0. The van der Waals surface area contributed by atoms with Crippen LogP contribution >= 0.6 is 0 Å². The highest BCUT2D eigenvalue weighted by Gasteiger charge is 2.19. The number of nitrogens with zero attached hydrogens (tertiary/aromatic N) is 2. The van der Waals surface area contributed by atoms with Gasteiger partial charge in [-0.3, -0.25) is 0 Å². The highest BCUT2D eigenvalue weighted by atomic mass is 79.9. The largest absolute Gasteiger partial charge is 1.00 e. The lowest BCUT2D eigenvalue weighted by atomic mass is 10.5. The van der Waals surface area contributed by atoms with Gasteiger partial charge in [-0.2, -0.15) is 8.42 Å². The van der Waals surface area contributed by atoms with Gasteiger partial charge >= 0.3 is 10.3 Å². The van der Waals surface area contributed by atoms with Crippen LogP contribution in [0, 0.1) is 0 Å². The van der Waals surface area contributed by atoms with Crippen molar-refractivity contribution in [3.05, 3.63) is 25.3 Å². The molecule has 0 aliphatic heterocycles. The van der Waals surface area contributed by atoms with Crippen LogP contribution in [0.2, 0.25) is 0 Å². The van der Waals surface area contributed by atoms with Gasteiger partial charge in [-0.15, -0.1) is 3.97 Å². The number of hydrogen-bond acceptors (Lipinski definition) is 3. The average Bonchev–Trinajstić information content (AvgIpc) is 2.63. The van der Waals surface area contributed by atoms with Crippen molar-refractivity contribution in [1.29, 1.82) is 0 Å². The highest BCUT2D eigenvalue weighted by molar-refractivity contribution is 7.80. The molecular weight excluding hydrogens is 284 g/mol. The molecule has 5 nitrogen and oxygen atoms in total. The molecule has 0 fully saturated rings. The Morgan fingerprint density at radius 3 is 2.73 bits per heavy atom. The van der Waals surface area contributed by atoms with Crippen molar-refractivity contribution in [3.63, 3.8) is 0 Å². The van der Waals surface area contributed by atoms with Crippen molar-refractivity contribution in [2.24, 2.45) is 0 Å². The molecule has 0 bridgehead atoms. The third-order valence-corrected chi connectivity index (χ3v) is 2.74. The van der Waals surface area contributed by atoms with Crippen molar-refractivity contribution in [2.75, 3.05) is 6.61 Å². The number of hydrogen-bond donors (Lipinski definition) is 0. The molecule has 7 heteroatoms. The molecule has 0 saturated carbocycles. The smallest absolute Gasteiger partial charge is 0.441 e. The van der Waals surface area contributed by atoms with Gasteiger partial charge < -0.3 is 17.0 Å². The van der Waals surface area contributed by atoms with Crippen LogP contribution in [0.5, 0.6) is 0 Å². The first-order valence-electron chi connectivity index (χ1n) is 4.21. The fourth-order valence-electron chi connectivity index (χ4n) is 0.841. The van der Waals surface area contributed by atoms with E-state index in [4.69, 9.17) is 4.18 Å². The van der Waals surface area contributed by atoms with E-state index in [1.165, 1.54) is 23.3 Å². The molecule has 0 aliphatic rings. The minimum Gasteiger partial charge on any atom is -1.00 e. The first kappa shape index (κ1) is 14.3. The zero-order valence-corrected chi connectivity index (χ0v) is 10.7. The Kier molecular flexibility index (Phi) is 5.77. The Hall–Kier alpha value is -0.660. The molecule has 0 aromatic carbocycles. The molecule has 1 heterocycles. The monoisotopic (exact) mass is 296 g/mol. The van der Waals surface area contributed by atoms with Crippen LogP contribution in [0.1, 0.15) is 13.3 Å². The lowest BCUT2D eigenvalue weighted by molar-refractivity contribution is -0.519. The fraction of sp³-hybridized carbons (Fsp3) is 0.375. The molecule has 86 valence electrons. The van der Waals surface area contributed by atoms with E-state index in [1.807, 2.05) is 6.92 Å². The Balaban J connectivity index is 0.00000196. The van der Waals surface area contributed by atoms with Crippen LogP contribution in [-0.2, 0) is 14.5 Å². The number of halogens is 1. The maximum absolute atomic E-state index is 11.4. The van der Waals surface area contributed by atoms with Gasteiger partial charge in [0.05, 0.1) is 12.8 Å². The van der Waals surface area contributed by atoms with Crippen LogP contribution in [-0.4, -0.2) is 19.6 Å². The minimum absolute atomic E-state index is 0. The van der Waals surface area contributed by atoms with E-state index in [0.29, 0.717) is 6.42 Å². The Morgan fingerprint density at radius 1 is 1.60 bits per heavy atom. The van der Waals surface area contributed by atoms with Crippen molar-refractivity contribution in [2.45, 2.75) is 13.3 Å². The molecular formula is C8H13BrN2O3S.